The first-order valence-corrected chi connectivity index (χ1v) is 6.56. The summed E-state index contributed by atoms with van der Waals surface area (Å²) in [6.07, 6.45) is 5.31. The number of nitrogens with zero attached hydrogens (tertiary/aromatic N) is 1. The maximum Gasteiger partial charge on any atom is 0.0672 e. The highest BCUT2D eigenvalue weighted by Crippen LogP contribution is 2.25. The van der Waals surface area contributed by atoms with Crippen LogP contribution < -0.4 is 5.32 Å². The van der Waals surface area contributed by atoms with Crippen LogP contribution in [0, 0.1) is 17.2 Å². The van der Waals surface area contributed by atoms with Crippen molar-refractivity contribution < 1.29 is 0 Å². The summed E-state index contributed by atoms with van der Waals surface area (Å²) in [6.45, 7) is 0.851. The lowest BCUT2D eigenvalue weighted by Crippen LogP contribution is -2.31. The topological polar surface area (TPSA) is 51.6 Å². The van der Waals surface area contributed by atoms with Crippen LogP contribution in [0.25, 0.3) is 10.9 Å². The molecule has 92 valence electrons. The molecule has 1 aromatic heterocycles. The van der Waals surface area contributed by atoms with Crippen molar-refractivity contribution in [2.45, 2.75) is 31.8 Å². The molecule has 1 heterocycles. The molecule has 2 unspecified atom stereocenters. The third-order valence-corrected chi connectivity index (χ3v) is 3.87. The molecule has 2 atom stereocenters. The molecule has 2 N–H and O–H groups in total. The first-order valence-electron chi connectivity index (χ1n) is 6.56. The zero-order valence-corrected chi connectivity index (χ0v) is 10.3. The van der Waals surface area contributed by atoms with Crippen molar-refractivity contribution >= 4 is 10.9 Å². The van der Waals surface area contributed by atoms with E-state index < -0.39 is 0 Å². The number of hydrogen-bond acceptors (Lipinski definition) is 2. The number of hydrogen-bond donors (Lipinski definition) is 2. The average Bonchev–Trinajstić information content (AvgIpc) is 3.04. The lowest BCUT2D eigenvalue weighted by Gasteiger charge is -2.15. The van der Waals surface area contributed by atoms with Gasteiger partial charge in [0.05, 0.1) is 12.0 Å². The van der Waals surface area contributed by atoms with Crippen LogP contribution in [0.15, 0.2) is 30.5 Å². The van der Waals surface area contributed by atoms with Gasteiger partial charge in [0.15, 0.2) is 0 Å². The van der Waals surface area contributed by atoms with Crippen molar-refractivity contribution in [1.82, 2.24) is 10.3 Å². The molecular weight excluding hydrogens is 222 g/mol. The molecule has 1 aliphatic carbocycles. The van der Waals surface area contributed by atoms with Gasteiger partial charge in [0.1, 0.15) is 0 Å². The standard InChI is InChI=1S/C15H17N3/c16-9-13-2-1-3-14(13)18-10-11-4-5-15-12(8-11)6-7-17-15/h4-8,13-14,17-18H,1-3,10H2. The average molecular weight is 239 g/mol. The number of aromatic amines is 1. The van der Waals surface area contributed by atoms with Crippen LogP contribution in [-0.2, 0) is 6.54 Å². The van der Waals surface area contributed by atoms with E-state index in [0.717, 1.165) is 19.4 Å². The molecule has 1 aromatic carbocycles. The molecule has 3 nitrogen and oxygen atoms in total. The van der Waals surface area contributed by atoms with E-state index in [1.54, 1.807) is 0 Å². The summed E-state index contributed by atoms with van der Waals surface area (Å²) < 4.78 is 0. The number of nitriles is 1. The second-order valence-corrected chi connectivity index (χ2v) is 5.05. The second kappa shape index (κ2) is 4.83. The fraction of sp³-hybridized carbons (Fsp3) is 0.400. The molecule has 2 aromatic rings. The molecule has 0 spiro atoms. The molecule has 0 aliphatic heterocycles. The predicted octanol–water partition coefficient (Wildman–Crippen LogP) is 2.95. The lowest BCUT2D eigenvalue weighted by atomic mass is 10.1. The van der Waals surface area contributed by atoms with E-state index in [0.29, 0.717) is 6.04 Å². The van der Waals surface area contributed by atoms with E-state index in [1.165, 1.54) is 22.9 Å². The van der Waals surface area contributed by atoms with Crippen LogP contribution in [-0.4, -0.2) is 11.0 Å². The predicted molar refractivity (Wildman–Crippen MR) is 71.9 cm³/mol. The summed E-state index contributed by atoms with van der Waals surface area (Å²) in [6, 6.07) is 11.3. The summed E-state index contributed by atoms with van der Waals surface area (Å²) >= 11 is 0. The van der Waals surface area contributed by atoms with Gasteiger partial charge < -0.3 is 10.3 Å². The Balaban J connectivity index is 1.67. The largest absolute Gasteiger partial charge is 0.361 e. The van der Waals surface area contributed by atoms with Gasteiger partial charge in [0, 0.05) is 24.3 Å². The minimum absolute atomic E-state index is 0.195. The highest BCUT2D eigenvalue weighted by molar-refractivity contribution is 5.79. The van der Waals surface area contributed by atoms with Crippen molar-refractivity contribution in [3.05, 3.63) is 36.0 Å². The molecule has 18 heavy (non-hydrogen) atoms. The van der Waals surface area contributed by atoms with E-state index in [2.05, 4.69) is 40.6 Å². The molecule has 0 bridgehead atoms. The number of H-pyrrole nitrogens is 1. The summed E-state index contributed by atoms with van der Waals surface area (Å²) in [5.41, 5.74) is 2.46. The van der Waals surface area contributed by atoms with E-state index in [9.17, 15) is 0 Å². The van der Waals surface area contributed by atoms with E-state index in [-0.39, 0.29) is 5.92 Å². The first kappa shape index (κ1) is 11.3. The molecule has 0 saturated heterocycles. The smallest absolute Gasteiger partial charge is 0.0672 e. The quantitative estimate of drug-likeness (QED) is 0.865. The Bertz CT molecular complexity index is 579. The fourth-order valence-corrected chi connectivity index (χ4v) is 2.82. The van der Waals surface area contributed by atoms with E-state index in [4.69, 9.17) is 5.26 Å². The highest BCUT2D eigenvalue weighted by Gasteiger charge is 2.26. The van der Waals surface area contributed by atoms with Crippen LogP contribution >= 0.6 is 0 Å². The first-order chi connectivity index (χ1) is 8.86. The van der Waals surface area contributed by atoms with Gasteiger partial charge in [-0.1, -0.05) is 12.5 Å². The van der Waals surface area contributed by atoms with Crippen molar-refractivity contribution in [3.8, 4) is 6.07 Å². The molecule has 0 amide bonds. The van der Waals surface area contributed by atoms with Gasteiger partial charge in [-0.3, -0.25) is 0 Å². The third-order valence-electron chi connectivity index (χ3n) is 3.87. The molecule has 3 rings (SSSR count). The normalized spacial score (nSPS) is 23.3. The number of fused-ring (bicyclic) bond motifs is 1. The van der Waals surface area contributed by atoms with Crippen molar-refractivity contribution in [2.24, 2.45) is 5.92 Å². The van der Waals surface area contributed by atoms with Crippen molar-refractivity contribution in [2.75, 3.05) is 0 Å². The monoisotopic (exact) mass is 239 g/mol. The van der Waals surface area contributed by atoms with E-state index >= 15 is 0 Å². The zero-order chi connectivity index (χ0) is 12.4. The van der Waals surface area contributed by atoms with Gasteiger partial charge in [0.2, 0.25) is 0 Å². The van der Waals surface area contributed by atoms with Crippen LogP contribution in [0.4, 0.5) is 0 Å². The Kier molecular flexibility index (Phi) is 3.04. The molecular formula is C15H17N3. The van der Waals surface area contributed by atoms with Gasteiger partial charge in [-0.25, -0.2) is 0 Å². The maximum absolute atomic E-state index is 9.05. The molecule has 0 radical (unpaired) electrons. The highest BCUT2D eigenvalue weighted by atomic mass is 14.9. The molecule has 1 aliphatic rings. The molecule has 1 saturated carbocycles. The van der Waals surface area contributed by atoms with Gasteiger partial charge in [-0.15, -0.1) is 0 Å². The Hall–Kier alpha value is -1.79. The zero-order valence-electron chi connectivity index (χ0n) is 10.3. The summed E-state index contributed by atoms with van der Waals surface area (Å²) in [4.78, 5) is 3.20. The van der Waals surface area contributed by atoms with E-state index in [1.807, 2.05) is 6.20 Å². The summed E-state index contributed by atoms with van der Waals surface area (Å²) in [5.74, 6) is 0.195. The van der Waals surface area contributed by atoms with Crippen LogP contribution in [0.5, 0.6) is 0 Å². The molecule has 3 heteroatoms. The summed E-state index contributed by atoms with van der Waals surface area (Å²) in [5, 5.41) is 13.8. The SMILES string of the molecule is N#CC1CCCC1NCc1ccc2[nH]ccc2c1. The summed E-state index contributed by atoms with van der Waals surface area (Å²) in [7, 11) is 0. The van der Waals surface area contributed by atoms with Crippen LogP contribution in [0.2, 0.25) is 0 Å². The van der Waals surface area contributed by atoms with Crippen LogP contribution in [0.1, 0.15) is 24.8 Å². The van der Waals surface area contributed by atoms with Gasteiger partial charge in [0.25, 0.3) is 0 Å². The number of aromatic nitrogens is 1. The second-order valence-electron chi connectivity index (χ2n) is 5.05. The van der Waals surface area contributed by atoms with Gasteiger partial charge >= 0.3 is 0 Å². The Morgan fingerprint density at radius 2 is 2.28 bits per heavy atom. The number of rotatable bonds is 3. The van der Waals surface area contributed by atoms with Gasteiger partial charge in [-0.2, -0.15) is 5.26 Å². The Labute approximate surface area is 107 Å². The lowest BCUT2D eigenvalue weighted by molar-refractivity contribution is 0.464. The maximum atomic E-state index is 9.05. The fourth-order valence-electron chi connectivity index (χ4n) is 2.82. The minimum atomic E-state index is 0.195. The number of nitrogens with one attached hydrogen (secondary N) is 2. The Morgan fingerprint density at radius 3 is 3.17 bits per heavy atom. The number of benzene rings is 1. The minimum Gasteiger partial charge on any atom is -0.361 e. The van der Waals surface area contributed by atoms with Crippen molar-refractivity contribution in [3.63, 3.8) is 0 Å². The molecule has 1 fully saturated rings. The Morgan fingerprint density at radius 1 is 1.33 bits per heavy atom. The van der Waals surface area contributed by atoms with Crippen molar-refractivity contribution in [1.29, 1.82) is 5.26 Å². The van der Waals surface area contributed by atoms with Gasteiger partial charge in [-0.05, 0) is 42.0 Å². The third kappa shape index (κ3) is 2.12. The van der Waals surface area contributed by atoms with Crippen LogP contribution in [0.3, 0.4) is 0 Å².